The number of nitrogens with zero attached hydrogens (tertiary/aromatic N) is 4. The van der Waals surface area contributed by atoms with Crippen LogP contribution in [-0.4, -0.2) is 63.5 Å². The highest BCUT2D eigenvalue weighted by molar-refractivity contribution is 9.10. The molecule has 1 N–H and O–H groups in total. The number of aliphatic imine (C=N–C) groups is 1. The maximum atomic E-state index is 12.6. The first-order chi connectivity index (χ1) is 21.4. The summed E-state index contributed by atoms with van der Waals surface area (Å²) < 4.78 is 4.13. The van der Waals surface area contributed by atoms with Crippen LogP contribution in [0.3, 0.4) is 0 Å². The SMILES string of the molecule is Br.O=C(CN(C1=NCCS1)c1ccccc1)c1ccc(Br)cc1.OC1(c2ccc(Br)cc2)CN(c2ccccc2)C2=[N+]1CCS2.[Br-]. The molecule has 7 rings (SSSR count). The number of hydrogen-bond acceptors (Lipinski definition) is 7. The zero-order valence-corrected chi connectivity index (χ0v) is 32.7. The number of rotatable bonds is 6. The second-order valence-corrected chi connectivity index (χ2v) is 14.3. The van der Waals surface area contributed by atoms with Gasteiger partial charge < -0.3 is 27.0 Å². The maximum Gasteiger partial charge on any atom is 0.316 e. The van der Waals surface area contributed by atoms with Crippen LogP contribution < -0.4 is 26.8 Å². The molecule has 6 nitrogen and oxygen atoms in total. The normalized spacial score (nSPS) is 18.1. The standard InChI is InChI=1S/C17H16BrN2OS.C17H15BrN2OS.2BrH/c18-14-8-6-13(7-9-14)17(21)12-19(15-4-2-1-3-5-15)16-20(17)10-11-22-16;18-14-8-6-13(7-9-14)16(21)12-20(17-19-10-11-22-17)15-4-2-1-3-5-15;;/h1-9,21H,10-12H2;1-9H,10-12H2;2*1H/q+1;;;/p-1. The highest BCUT2D eigenvalue weighted by Gasteiger charge is 2.54. The van der Waals surface area contributed by atoms with E-state index in [4.69, 9.17) is 0 Å². The lowest BCUT2D eigenvalue weighted by Crippen LogP contribution is -3.00. The Morgan fingerprint density at radius 1 is 0.870 bits per heavy atom. The van der Waals surface area contributed by atoms with E-state index in [0.717, 1.165) is 60.8 Å². The first kappa shape index (κ1) is 36.9. The molecule has 3 aliphatic heterocycles. The second kappa shape index (κ2) is 16.9. The van der Waals surface area contributed by atoms with Gasteiger partial charge in [0.1, 0.15) is 5.69 Å². The number of β-amino-alcohol motifs (C(OH)–C–C–N with tert-alkyl or cyclic N) is 1. The summed E-state index contributed by atoms with van der Waals surface area (Å²) in [6, 6.07) is 35.7. The Hall–Kier alpha value is -1.93. The van der Waals surface area contributed by atoms with Gasteiger partial charge >= 0.3 is 5.17 Å². The van der Waals surface area contributed by atoms with E-state index < -0.39 is 5.72 Å². The van der Waals surface area contributed by atoms with E-state index in [2.05, 4.69) is 58.5 Å². The van der Waals surface area contributed by atoms with Crippen LogP contribution in [0.1, 0.15) is 15.9 Å². The molecule has 0 saturated carbocycles. The molecule has 12 heteroatoms. The molecule has 0 bridgehead atoms. The van der Waals surface area contributed by atoms with Gasteiger partial charge in [-0.15, -0.1) is 17.0 Å². The lowest BCUT2D eigenvalue weighted by Gasteiger charge is -2.23. The molecule has 1 unspecified atom stereocenters. The summed E-state index contributed by atoms with van der Waals surface area (Å²) in [5.41, 5.74) is 2.82. The van der Waals surface area contributed by atoms with Crippen molar-refractivity contribution in [3.8, 4) is 0 Å². The largest absolute Gasteiger partial charge is 1.00 e. The summed E-state index contributed by atoms with van der Waals surface area (Å²) in [6.07, 6.45) is 0. The van der Waals surface area contributed by atoms with Crippen molar-refractivity contribution in [2.75, 3.05) is 47.5 Å². The quantitative estimate of drug-likeness (QED) is 0.216. The van der Waals surface area contributed by atoms with Crippen molar-refractivity contribution in [2.24, 2.45) is 4.99 Å². The van der Waals surface area contributed by atoms with E-state index in [-0.39, 0.29) is 39.7 Å². The van der Waals surface area contributed by atoms with Crippen molar-refractivity contribution in [3.63, 3.8) is 0 Å². The third kappa shape index (κ3) is 8.37. The van der Waals surface area contributed by atoms with Gasteiger partial charge in [0, 0.05) is 37.3 Å². The minimum atomic E-state index is -0.963. The van der Waals surface area contributed by atoms with Crippen molar-refractivity contribution in [1.29, 1.82) is 0 Å². The van der Waals surface area contributed by atoms with Gasteiger partial charge in [-0.2, -0.15) is 0 Å². The molecule has 0 radical (unpaired) electrons. The van der Waals surface area contributed by atoms with E-state index in [1.165, 1.54) is 0 Å². The average molecular weight is 912 g/mol. The molecule has 46 heavy (non-hydrogen) atoms. The molecular weight excluding hydrogens is 880 g/mol. The summed E-state index contributed by atoms with van der Waals surface area (Å²) in [5.74, 6) is 2.08. The minimum Gasteiger partial charge on any atom is -1.00 e. The van der Waals surface area contributed by atoms with Crippen LogP contribution in [0.15, 0.2) is 123 Å². The van der Waals surface area contributed by atoms with E-state index in [9.17, 15) is 9.90 Å². The Balaban J connectivity index is 0.000000200. The Labute approximate surface area is 316 Å². The molecule has 3 heterocycles. The fraction of sp³-hybridized carbons (Fsp3) is 0.206. The summed E-state index contributed by atoms with van der Waals surface area (Å²) in [6.45, 7) is 2.55. The number of aliphatic hydroxyl groups is 1. The molecule has 4 aromatic carbocycles. The number of carbonyl (C=O) groups excluding carboxylic acids is 1. The van der Waals surface area contributed by atoms with Crippen LogP contribution >= 0.6 is 72.4 Å². The van der Waals surface area contributed by atoms with E-state index in [1.54, 1.807) is 11.8 Å². The first-order valence-electron chi connectivity index (χ1n) is 14.3. The van der Waals surface area contributed by atoms with Crippen molar-refractivity contribution < 1.29 is 31.5 Å². The van der Waals surface area contributed by atoms with Crippen LogP contribution in [0.4, 0.5) is 11.4 Å². The lowest BCUT2D eigenvalue weighted by atomic mass is 10.0. The third-order valence-electron chi connectivity index (χ3n) is 7.54. The molecule has 240 valence electrons. The fourth-order valence-corrected chi connectivity index (χ4v) is 7.93. The average Bonchev–Trinajstić information content (AvgIpc) is 3.82. The van der Waals surface area contributed by atoms with Crippen molar-refractivity contribution in [1.82, 2.24) is 0 Å². The van der Waals surface area contributed by atoms with Crippen LogP contribution in [0, 0.1) is 0 Å². The third-order valence-corrected chi connectivity index (χ3v) is 10.7. The molecule has 0 aliphatic carbocycles. The molecule has 0 aromatic heterocycles. The molecule has 0 fully saturated rings. The summed E-state index contributed by atoms with van der Waals surface area (Å²) in [5, 5.41) is 13.5. The van der Waals surface area contributed by atoms with Crippen LogP contribution in [0.25, 0.3) is 0 Å². The molecule has 4 aromatic rings. The number of hydrogen-bond donors (Lipinski definition) is 1. The van der Waals surface area contributed by atoms with Gasteiger partial charge in [0.05, 0.1) is 19.6 Å². The Bertz CT molecular complexity index is 1680. The van der Waals surface area contributed by atoms with Gasteiger partial charge in [-0.25, -0.2) is 9.48 Å². The topological polar surface area (TPSA) is 59.2 Å². The number of amidine groups is 2. The zero-order valence-electron chi connectivity index (χ0n) is 24.6. The van der Waals surface area contributed by atoms with E-state index in [1.807, 2.05) is 114 Å². The monoisotopic (exact) mass is 908 g/mol. The zero-order chi connectivity index (χ0) is 30.5. The Morgan fingerprint density at radius 3 is 2.09 bits per heavy atom. The van der Waals surface area contributed by atoms with Crippen LogP contribution in [-0.2, 0) is 5.72 Å². The Kier molecular flexibility index (Phi) is 13.6. The smallest absolute Gasteiger partial charge is 0.316 e. The van der Waals surface area contributed by atoms with Gasteiger partial charge in [0.15, 0.2) is 17.5 Å². The van der Waals surface area contributed by atoms with E-state index >= 15 is 0 Å². The van der Waals surface area contributed by atoms with Gasteiger partial charge in [-0.05, 0) is 60.3 Å². The van der Waals surface area contributed by atoms with Crippen molar-refractivity contribution in [3.05, 3.63) is 129 Å². The number of Topliss-reactive ketones (excluding diaryl/α,β-unsaturated/α-hetero) is 1. The summed E-state index contributed by atoms with van der Waals surface area (Å²) in [7, 11) is 0. The summed E-state index contributed by atoms with van der Waals surface area (Å²) in [4.78, 5) is 21.3. The number of carbonyl (C=O) groups is 1. The first-order valence-corrected chi connectivity index (χ1v) is 17.8. The number of benzene rings is 4. The van der Waals surface area contributed by atoms with Gasteiger partial charge in [-0.1, -0.05) is 104 Å². The number of anilines is 2. The lowest BCUT2D eigenvalue weighted by molar-refractivity contribution is -0.650. The molecule has 1 atom stereocenters. The Morgan fingerprint density at radius 2 is 1.48 bits per heavy atom. The molecule has 0 amide bonds. The number of thioether (sulfide) groups is 2. The highest BCUT2D eigenvalue weighted by Crippen LogP contribution is 2.38. The number of halogens is 4. The van der Waals surface area contributed by atoms with Crippen molar-refractivity contribution >= 4 is 99.9 Å². The molecule has 0 spiro atoms. The maximum absolute atomic E-state index is 12.6. The molecular formula is C34H32Br4N4O2S2. The number of para-hydroxylation sites is 2. The number of ketones is 1. The van der Waals surface area contributed by atoms with Crippen molar-refractivity contribution in [2.45, 2.75) is 5.72 Å². The van der Waals surface area contributed by atoms with Crippen LogP contribution in [0.5, 0.6) is 0 Å². The predicted octanol–water partition coefficient (Wildman–Crippen LogP) is 5.05. The van der Waals surface area contributed by atoms with E-state index in [0.29, 0.717) is 18.7 Å². The fourth-order valence-electron chi connectivity index (χ4n) is 5.35. The van der Waals surface area contributed by atoms with Gasteiger partial charge in [-0.3, -0.25) is 9.79 Å². The second-order valence-electron chi connectivity index (χ2n) is 10.4. The molecule has 3 aliphatic rings. The van der Waals surface area contributed by atoms with Gasteiger partial charge in [0.2, 0.25) is 0 Å². The minimum absolute atomic E-state index is 0. The molecule has 0 saturated heterocycles. The highest BCUT2D eigenvalue weighted by atomic mass is 79.9. The van der Waals surface area contributed by atoms with Crippen LogP contribution in [0.2, 0.25) is 0 Å². The summed E-state index contributed by atoms with van der Waals surface area (Å²) >= 11 is 10.4. The van der Waals surface area contributed by atoms with Gasteiger partial charge in [0.25, 0.3) is 5.72 Å². The predicted molar refractivity (Wildman–Crippen MR) is 202 cm³/mol.